The Morgan fingerprint density at radius 2 is 1.85 bits per heavy atom. The molecule has 3 heterocycles. The van der Waals surface area contributed by atoms with Gasteiger partial charge in [0.15, 0.2) is 10.6 Å². The van der Waals surface area contributed by atoms with Crippen LogP contribution in [0, 0.1) is 5.82 Å². The fourth-order valence-electron chi connectivity index (χ4n) is 4.39. The highest BCUT2D eigenvalue weighted by atomic mass is 32.1. The van der Waals surface area contributed by atoms with Crippen LogP contribution in [0.15, 0.2) is 75.9 Å². The predicted molar refractivity (Wildman–Crippen MR) is 127 cm³/mol. The molecule has 7 heteroatoms. The van der Waals surface area contributed by atoms with Crippen molar-refractivity contribution in [2.24, 2.45) is 0 Å². The van der Waals surface area contributed by atoms with Crippen molar-refractivity contribution in [1.29, 1.82) is 0 Å². The molecule has 2 aromatic heterocycles. The molecule has 0 spiro atoms. The van der Waals surface area contributed by atoms with E-state index < -0.39 is 17.8 Å². The fourth-order valence-corrected chi connectivity index (χ4v) is 5.44. The predicted octanol–water partition coefficient (Wildman–Crippen LogP) is 5.85. The van der Waals surface area contributed by atoms with Gasteiger partial charge in [0.25, 0.3) is 5.91 Å². The second kappa shape index (κ2) is 7.35. The second-order valence-corrected chi connectivity index (χ2v) is 8.93. The van der Waals surface area contributed by atoms with E-state index in [1.165, 1.54) is 22.3 Å². The van der Waals surface area contributed by atoms with E-state index in [4.69, 9.17) is 4.42 Å². The number of amides is 1. The summed E-state index contributed by atoms with van der Waals surface area (Å²) in [5.41, 5.74) is 2.24. The quantitative estimate of drug-likeness (QED) is 0.341. The molecule has 0 fully saturated rings. The summed E-state index contributed by atoms with van der Waals surface area (Å²) in [6.45, 7) is 2.07. The Morgan fingerprint density at radius 1 is 1.06 bits per heavy atom. The van der Waals surface area contributed by atoms with Crippen LogP contribution in [0.4, 0.5) is 9.52 Å². The van der Waals surface area contributed by atoms with E-state index >= 15 is 4.39 Å². The zero-order chi connectivity index (χ0) is 22.7. The molecule has 1 aliphatic rings. The average Bonchev–Trinajstić information content (AvgIpc) is 3.37. The number of rotatable bonds is 3. The molecule has 0 unspecified atom stereocenters. The molecule has 0 N–H and O–H groups in total. The number of nitrogens with zero attached hydrogens (tertiary/aromatic N) is 2. The minimum absolute atomic E-state index is 0.0690. The number of hydrogen-bond donors (Lipinski definition) is 0. The molecule has 162 valence electrons. The minimum atomic E-state index is -0.972. The summed E-state index contributed by atoms with van der Waals surface area (Å²) in [6.07, 6.45) is 0.875. The largest absolute Gasteiger partial charge is 0.450 e. The summed E-state index contributed by atoms with van der Waals surface area (Å²) in [5.74, 6) is -1.08. The summed E-state index contributed by atoms with van der Waals surface area (Å²) in [7, 11) is 0. The van der Waals surface area contributed by atoms with Gasteiger partial charge in [0.1, 0.15) is 17.4 Å². The number of aryl methyl sites for hydroxylation is 1. The van der Waals surface area contributed by atoms with Crippen LogP contribution in [0.1, 0.15) is 40.2 Å². The Kier molecular flexibility index (Phi) is 4.41. The zero-order valence-corrected chi connectivity index (χ0v) is 18.4. The Labute approximate surface area is 191 Å². The molecule has 0 radical (unpaired) electrons. The molecule has 0 bridgehead atoms. The van der Waals surface area contributed by atoms with Gasteiger partial charge < -0.3 is 4.42 Å². The van der Waals surface area contributed by atoms with E-state index in [-0.39, 0.29) is 22.3 Å². The van der Waals surface area contributed by atoms with Gasteiger partial charge in [-0.05, 0) is 42.3 Å². The molecule has 33 heavy (non-hydrogen) atoms. The third kappa shape index (κ3) is 2.93. The summed E-state index contributed by atoms with van der Waals surface area (Å²) in [4.78, 5) is 33.2. The lowest BCUT2D eigenvalue weighted by Crippen LogP contribution is -2.30. The Balaban J connectivity index is 1.64. The van der Waals surface area contributed by atoms with E-state index in [0.29, 0.717) is 16.1 Å². The number of carbonyl (C=O) groups is 1. The second-order valence-electron chi connectivity index (χ2n) is 7.92. The SMILES string of the molecule is CCc1ccc2nc(N3C(=O)c4oc5ccccc5c(=O)c4[C@H]3c3ccccc3F)sc2c1. The van der Waals surface area contributed by atoms with Crippen LogP contribution in [0.2, 0.25) is 0 Å². The summed E-state index contributed by atoms with van der Waals surface area (Å²) in [5, 5.41) is 0.746. The third-order valence-electron chi connectivity index (χ3n) is 6.03. The maximum atomic E-state index is 15.0. The van der Waals surface area contributed by atoms with Gasteiger partial charge in [0.05, 0.1) is 21.2 Å². The Morgan fingerprint density at radius 3 is 2.67 bits per heavy atom. The van der Waals surface area contributed by atoms with Crippen LogP contribution in [0.25, 0.3) is 21.2 Å². The van der Waals surface area contributed by atoms with Crippen molar-refractivity contribution in [3.8, 4) is 0 Å². The average molecular weight is 456 g/mol. The van der Waals surface area contributed by atoms with Crippen molar-refractivity contribution in [3.05, 3.63) is 105 Å². The Hall–Kier alpha value is -3.84. The van der Waals surface area contributed by atoms with Gasteiger partial charge in [-0.1, -0.05) is 54.7 Å². The third-order valence-corrected chi connectivity index (χ3v) is 7.05. The normalized spacial score (nSPS) is 15.5. The van der Waals surface area contributed by atoms with Gasteiger partial charge >= 0.3 is 0 Å². The van der Waals surface area contributed by atoms with Crippen LogP contribution in [0.3, 0.4) is 0 Å². The number of halogens is 1. The number of carbonyl (C=O) groups excluding carboxylic acids is 1. The molecule has 1 amide bonds. The molecule has 0 aliphatic carbocycles. The van der Waals surface area contributed by atoms with E-state index in [2.05, 4.69) is 11.9 Å². The standard InChI is InChI=1S/C26H17FN2O3S/c1-2-14-11-12-18-20(13-14)33-26(28-18)29-22(15-7-3-5-9-17(15)27)21-23(30)16-8-4-6-10-19(16)32-24(21)25(29)31/h3-13,22H,2H2,1H3/t22-/m1/s1. The lowest BCUT2D eigenvalue weighted by molar-refractivity contribution is 0.0971. The number of anilines is 1. The number of benzene rings is 3. The number of hydrogen-bond acceptors (Lipinski definition) is 5. The van der Waals surface area contributed by atoms with Crippen molar-refractivity contribution in [2.75, 3.05) is 4.90 Å². The van der Waals surface area contributed by atoms with Crippen molar-refractivity contribution in [3.63, 3.8) is 0 Å². The van der Waals surface area contributed by atoms with Crippen molar-refractivity contribution >= 4 is 43.6 Å². The van der Waals surface area contributed by atoms with Gasteiger partial charge in [-0.15, -0.1) is 0 Å². The highest BCUT2D eigenvalue weighted by Gasteiger charge is 2.45. The molecule has 0 saturated heterocycles. The van der Waals surface area contributed by atoms with Gasteiger partial charge in [0.2, 0.25) is 5.76 Å². The number of aromatic nitrogens is 1. The van der Waals surface area contributed by atoms with Crippen molar-refractivity contribution in [2.45, 2.75) is 19.4 Å². The molecule has 1 aliphatic heterocycles. The maximum absolute atomic E-state index is 15.0. The van der Waals surface area contributed by atoms with E-state index in [9.17, 15) is 9.59 Å². The molecule has 5 nitrogen and oxygen atoms in total. The van der Waals surface area contributed by atoms with E-state index in [1.807, 2.05) is 18.2 Å². The van der Waals surface area contributed by atoms with Gasteiger partial charge in [0, 0.05) is 5.56 Å². The molecule has 6 rings (SSSR count). The van der Waals surface area contributed by atoms with Crippen LogP contribution < -0.4 is 10.3 Å². The number of para-hydroxylation sites is 1. The summed E-state index contributed by atoms with van der Waals surface area (Å²) >= 11 is 1.34. The minimum Gasteiger partial charge on any atom is -0.450 e. The highest BCUT2D eigenvalue weighted by Crippen LogP contribution is 2.44. The molecule has 1 atom stereocenters. The lowest BCUT2D eigenvalue weighted by Gasteiger charge is -2.22. The molecule has 3 aromatic carbocycles. The van der Waals surface area contributed by atoms with E-state index in [1.54, 1.807) is 42.5 Å². The molecular formula is C26H17FN2O3S. The van der Waals surface area contributed by atoms with Gasteiger partial charge in [-0.2, -0.15) is 0 Å². The van der Waals surface area contributed by atoms with Gasteiger partial charge in [-0.25, -0.2) is 9.37 Å². The first-order valence-corrected chi connectivity index (χ1v) is 11.4. The first kappa shape index (κ1) is 19.8. The highest BCUT2D eigenvalue weighted by molar-refractivity contribution is 7.22. The van der Waals surface area contributed by atoms with Crippen molar-refractivity contribution < 1.29 is 13.6 Å². The summed E-state index contributed by atoms with van der Waals surface area (Å²) in [6, 6.07) is 17.9. The smallest absolute Gasteiger partial charge is 0.297 e. The monoisotopic (exact) mass is 456 g/mol. The Bertz CT molecular complexity index is 1640. The van der Waals surface area contributed by atoms with Crippen LogP contribution >= 0.6 is 11.3 Å². The van der Waals surface area contributed by atoms with Crippen LogP contribution in [0.5, 0.6) is 0 Å². The molecule has 5 aromatic rings. The van der Waals surface area contributed by atoms with E-state index in [0.717, 1.165) is 22.2 Å². The zero-order valence-electron chi connectivity index (χ0n) is 17.5. The number of thiazole rings is 1. The fraction of sp³-hybridized carbons (Fsp3) is 0.115. The van der Waals surface area contributed by atoms with Crippen LogP contribution in [-0.4, -0.2) is 10.9 Å². The first-order valence-electron chi connectivity index (χ1n) is 10.6. The molecular weight excluding hydrogens is 439 g/mol. The topological polar surface area (TPSA) is 63.4 Å². The number of fused-ring (bicyclic) bond motifs is 3. The maximum Gasteiger partial charge on any atom is 0.297 e. The lowest BCUT2D eigenvalue weighted by atomic mass is 9.98. The van der Waals surface area contributed by atoms with Crippen LogP contribution in [-0.2, 0) is 6.42 Å². The van der Waals surface area contributed by atoms with Crippen molar-refractivity contribution in [1.82, 2.24) is 4.98 Å². The first-order chi connectivity index (χ1) is 16.1. The summed E-state index contributed by atoms with van der Waals surface area (Å²) < 4.78 is 21.8. The van der Waals surface area contributed by atoms with Gasteiger partial charge in [-0.3, -0.25) is 14.5 Å². The molecule has 0 saturated carbocycles.